The van der Waals surface area contributed by atoms with Crippen LogP contribution in [0.25, 0.3) is 0 Å². The van der Waals surface area contributed by atoms with Crippen LogP contribution in [0.4, 0.5) is 0 Å². The van der Waals surface area contributed by atoms with Gasteiger partial charge in [-0.2, -0.15) is 0 Å². The van der Waals surface area contributed by atoms with Crippen LogP contribution < -0.4 is 0 Å². The molecule has 4 nitrogen and oxygen atoms in total. The van der Waals surface area contributed by atoms with E-state index in [-0.39, 0.29) is 6.04 Å². The van der Waals surface area contributed by atoms with Crippen LogP contribution in [0.1, 0.15) is 33.1 Å². The number of nitrogens with zero attached hydrogens (tertiary/aromatic N) is 1. The topological polar surface area (TPSA) is 49.8 Å². The fourth-order valence-electron chi connectivity index (χ4n) is 2.30. The third-order valence-electron chi connectivity index (χ3n) is 3.32. The molecular formula is C12H23NO3. The van der Waals surface area contributed by atoms with Crippen molar-refractivity contribution >= 4 is 5.97 Å². The fourth-order valence-corrected chi connectivity index (χ4v) is 2.30. The number of carboxylic acid groups (broad SMARTS) is 1. The SMILES string of the molecule is CCOCC1CCN([C@@H](CC)C(=O)O)CC1. The van der Waals surface area contributed by atoms with Crippen molar-refractivity contribution in [2.24, 2.45) is 5.92 Å². The van der Waals surface area contributed by atoms with E-state index in [0.717, 1.165) is 39.1 Å². The standard InChI is InChI=1S/C12H23NO3/c1-3-11(12(14)15)13-7-5-10(6-8-13)9-16-4-2/h10-11H,3-9H2,1-2H3,(H,14,15)/t11-/m0/s1. The molecule has 0 aliphatic carbocycles. The highest BCUT2D eigenvalue weighted by Crippen LogP contribution is 2.20. The van der Waals surface area contributed by atoms with Gasteiger partial charge in [-0.15, -0.1) is 0 Å². The first-order chi connectivity index (χ1) is 7.69. The zero-order chi connectivity index (χ0) is 12.0. The Morgan fingerprint density at radius 3 is 2.50 bits per heavy atom. The predicted molar refractivity (Wildman–Crippen MR) is 62.5 cm³/mol. The van der Waals surface area contributed by atoms with Crippen LogP contribution in [0.2, 0.25) is 0 Å². The van der Waals surface area contributed by atoms with Gasteiger partial charge in [-0.25, -0.2) is 0 Å². The van der Waals surface area contributed by atoms with Crippen LogP contribution >= 0.6 is 0 Å². The van der Waals surface area contributed by atoms with Crippen LogP contribution in [0, 0.1) is 5.92 Å². The summed E-state index contributed by atoms with van der Waals surface area (Å²) in [6.07, 6.45) is 2.80. The molecule has 1 rings (SSSR count). The Morgan fingerprint density at radius 1 is 1.44 bits per heavy atom. The zero-order valence-electron chi connectivity index (χ0n) is 10.3. The molecule has 1 aliphatic rings. The van der Waals surface area contributed by atoms with Crippen molar-refractivity contribution in [1.29, 1.82) is 0 Å². The number of likely N-dealkylation sites (tertiary alicyclic amines) is 1. The second-order valence-corrected chi connectivity index (χ2v) is 4.40. The van der Waals surface area contributed by atoms with Gasteiger partial charge in [0.15, 0.2) is 0 Å². The lowest BCUT2D eigenvalue weighted by Crippen LogP contribution is -2.45. The predicted octanol–water partition coefficient (Wildman–Crippen LogP) is 1.60. The lowest BCUT2D eigenvalue weighted by Gasteiger charge is -2.35. The number of carboxylic acids is 1. The third-order valence-corrected chi connectivity index (χ3v) is 3.32. The summed E-state index contributed by atoms with van der Waals surface area (Å²) in [6, 6.07) is -0.298. The molecule has 0 saturated carbocycles. The molecule has 4 heteroatoms. The van der Waals surface area contributed by atoms with Gasteiger partial charge in [0.25, 0.3) is 0 Å². The van der Waals surface area contributed by atoms with Gasteiger partial charge in [-0.1, -0.05) is 6.92 Å². The molecule has 0 unspecified atom stereocenters. The summed E-state index contributed by atoms with van der Waals surface area (Å²) in [4.78, 5) is 13.1. The van der Waals surface area contributed by atoms with Crippen molar-refractivity contribution < 1.29 is 14.6 Å². The van der Waals surface area contributed by atoms with Gasteiger partial charge in [0.2, 0.25) is 0 Å². The Kier molecular flexibility index (Phi) is 5.77. The van der Waals surface area contributed by atoms with Gasteiger partial charge in [-0.3, -0.25) is 9.69 Å². The quantitative estimate of drug-likeness (QED) is 0.751. The van der Waals surface area contributed by atoms with E-state index in [2.05, 4.69) is 4.90 Å². The highest BCUT2D eigenvalue weighted by molar-refractivity contribution is 5.73. The van der Waals surface area contributed by atoms with Gasteiger partial charge in [-0.05, 0) is 45.2 Å². The molecule has 0 radical (unpaired) electrons. The second kappa shape index (κ2) is 6.86. The molecule has 0 aromatic rings. The molecule has 1 saturated heterocycles. The lowest BCUT2D eigenvalue weighted by atomic mass is 9.96. The third kappa shape index (κ3) is 3.76. The number of rotatable bonds is 6. The van der Waals surface area contributed by atoms with Crippen LogP contribution in [0.3, 0.4) is 0 Å². The molecule has 1 heterocycles. The molecule has 0 aromatic carbocycles. The summed E-state index contributed by atoms with van der Waals surface area (Å²) in [5.41, 5.74) is 0. The summed E-state index contributed by atoms with van der Waals surface area (Å²) >= 11 is 0. The van der Waals surface area contributed by atoms with Gasteiger partial charge in [0.05, 0.1) is 0 Å². The second-order valence-electron chi connectivity index (χ2n) is 4.40. The zero-order valence-corrected chi connectivity index (χ0v) is 10.3. The summed E-state index contributed by atoms with van der Waals surface area (Å²) in [5, 5.41) is 9.07. The minimum atomic E-state index is -0.689. The van der Waals surface area contributed by atoms with Gasteiger partial charge < -0.3 is 9.84 Å². The average molecular weight is 229 g/mol. The largest absolute Gasteiger partial charge is 0.480 e. The van der Waals surface area contributed by atoms with Crippen molar-refractivity contribution in [2.75, 3.05) is 26.3 Å². The smallest absolute Gasteiger partial charge is 0.320 e. The molecule has 0 aromatic heterocycles. The molecule has 1 atom stereocenters. The molecule has 1 aliphatic heterocycles. The van der Waals surface area contributed by atoms with E-state index in [1.165, 1.54) is 0 Å². The number of aliphatic carboxylic acids is 1. The Balaban J connectivity index is 2.33. The van der Waals surface area contributed by atoms with Crippen LogP contribution in [0.5, 0.6) is 0 Å². The van der Waals surface area contributed by atoms with Crippen molar-refractivity contribution in [3.63, 3.8) is 0 Å². The van der Waals surface area contributed by atoms with E-state index in [1.807, 2.05) is 13.8 Å². The monoisotopic (exact) mass is 229 g/mol. The normalized spacial score (nSPS) is 20.9. The molecule has 94 valence electrons. The maximum Gasteiger partial charge on any atom is 0.320 e. The van der Waals surface area contributed by atoms with Gasteiger partial charge in [0, 0.05) is 13.2 Å². The van der Waals surface area contributed by atoms with Crippen molar-refractivity contribution in [2.45, 2.75) is 39.2 Å². The number of carbonyl (C=O) groups is 1. The maximum atomic E-state index is 11.0. The Bertz CT molecular complexity index is 212. The number of piperidine rings is 1. The molecule has 1 fully saturated rings. The van der Waals surface area contributed by atoms with Crippen LogP contribution in [-0.2, 0) is 9.53 Å². The molecule has 16 heavy (non-hydrogen) atoms. The lowest BCUT2D eigenvalue weighted by molar-refractivity contribution is -0.144. The molecule has 1 N–H and O–H groups in total. The minimum absolute atomic E-state index is 0.298. The number of hydrogen-bond donors (Lipinski definition) is 1. The summed E-state index contributed by atoms with van der Waals surface area (Å²) in [6.45, 7) is 7.32. The fraction of sp³-hybridized carbons (Fsp3) is 0.917. The first-order valence-corrected chi connectivity index (χ1v) is 6.23. The Hall–Kier alpha value is -0.610. The van der Waals surface area contributed by atoms with E-state index in [0.29, 0.717) is 12.3 Å². The van der Waals surface area contributed by atoms with Crippen molar-refractivity contribution in [1.82, 2.24) is 4.90 Å². The van der Waals surface area contributed by atoms with Crippen LogP contribution in [-0.4, -0.2) is 48.3 Å². The van der Waals surface area contributed by atoms with E-state index in [4.69, 9.17) is 9.84 Å². The van der Waals surface area contributed by atoms with E-state index < -0.39 is 5.97 Å². The summed E-state index contributed by atoms with van der Waals surface area (Å²) in [7, 11) is 0. The van der Waals surface area contributed by atoms with Crippen molar-refractivity contribution in [3.05, 3.63) is 0 Å². The first-order valence-electron chi connectivity index (χ1n) is 6.23. The first kappa shape index (κ1) is 13.5. The molecule has 0 amide bonds. The van der Waals surface area contributed by atoms with Crippen molar-refractivity contribution in [3.8, 4) is 0 Å². The molecular weight excluding hydrogens is 206 g/mol. The molecule has 0 spiro atoms. The number of ether oxygens (including phenoxy) is 1. The summed E-state index contributed by atoms with van der Waals surface area (Å²) < 4.78 is 5.41. The highest BCUT2D eigenvalue weighted by atomic mass is 16.5. The average Bonchev–Trinajstić information content (AvgIpc) is 2.28. The Morgan fingerprint density at radius 2 is 2.06 bits per heavy atom. The minimum Gasteiger partial charge on any atom is -0.480 e. The number of hydrogen-bond acceptors (Lipinski definition) is 3. The van der Waals surface area contributed by atoms with E-state index in [1.54, 1.807) is 0 Å². The summed E-state index contributed by atoms with van der Waals surface area (Å²) in [5.74, 6) is -0.0757. The maximum absolute atomic E-state index is 11.0. The van der Waals surface area contributed by atoms with Crippen LogP contribution in [0.15, 0.2) is 0 Å². The van der Waals surface area contributed by atoms with Gasteiger partial charge >= 0.3 is 5.97 Å². The van der Waals surface area contributed by atoms with Gasteiger partial charge in [0.1, 0.15) is 6.04 Å². The van der Waals surface area contributed by atoms with E-state index >= 15 is 0 Å². The Labute approximate surface area is 97.6 Å². The highest BCUT2D eigenvalue weighted by Gasteiger charge is 2.28. The molecule has 0 bridgehead atoms. The van der Waals surface area contributed by atoms with E-state index in [9.17, 15) is 4.79 Å².